The number of aliphatic hydroxyl groups is 1. The van der Waals surface area contributed by atoms with Crippen molar-refractivity contribution in [1.82, 2.24) is 24.7 Å². The molecule has 3 aromatic carbocycles. The van der Waals surface area contributed by atoms with Gasteiger partial charge in [0, 0.05) is 35.1 Å². The highest BCUT2D eigenvalue weighted by molar-refractivity contribution is 7.15. The van der Waals surface area contributed by atoms with Gasteiger partial charge in [0.05, 0.1) is 42.9 Å². The molecule has 7 rings (SSSR count). The van der Waals surface area contributed by atoms with E-state index in [1.165, 1.54) is 0 Å². The highest BCUT2D eigenvalue weighted by Crippen LogP contribution is 2.40. The van der Waals surface area contributed by atoms with Crippen LogP contribution < -0.4 is 0 Å². The zero-order chi connectivity index (χ0) is 36.9. The SMILES string of the molecule is Cc1c(-c2nc3cc(CN4CCC(C)(C(=O)O)C4)cc(C#N)c3o2)cccc1-c1cccc(-c2nc3c(s2)CN(C(=O)CN(C)C(C)CO)C3)c1C. The summed E-state index contributed by atoms with van der Waals surface area (Å²) in [6.07, 6.45) is 0.583. The number of carbonyl (C=O) groups is 2. The van der Waals surface area contributed by atoms with Crippen LogP contribution >= 0.6 is 11.3 Å². The lowest BCUT2D eigenvalue weighted by atomic mass is 9.90. The number of rotatable bonds is 10. The normalized spacial score (nSPS) is 17.9. The maximum Gasteiger partial charge on any atom is 0.310 e. The number of likely N-dealkylation sites (tertiary alicyclic amines) is 1. The van der Waals surface area contributed by atoms with Gasteiger partial charge in [-0.05, 0) is 93.7 Å². The van der Waals surface area contributed by atoms with Crippen molar-refractivity contribution >= 4 is 34.3 Å². The van der Waals surface area contributed by atoms with Gasteiger partial charge in [0.15, 0.2) is 5.58 Å². The van der Waals surface area contributed by atoms with Crippen molar-refractivity contribution in [3.8, 4) is 39.2 Å². The number of oxazole rings is 1. The number of aromatic nitrogens is 2. The van der Waals surface area contributed by atoms with Gasteiger partial charge in [-0.2, -0.15) is 5.26 Å². The Labute approximate surface area is 306 Å². The summed E-state index contributed by atoms with van der Waals surface area (Å²) in [7, 11) is 1.85. The number of amides is 1. The number of carboxylic acid groups (broad SMARTS) is 1. The molecule has 2 atom stereocenters. The molecule has 0 aliphatic carbocycles. The standard InChI is InChI=1S/C40H42N6O5S/c1-23(21-47)44(5)20-35(48)46-18-33-34(19-46)52-38(43-33)31-11-7-9-29(25(31)3)28-8-6-10-30(24(28)2)37-42-32-15-26(14-27(16-41)36(32)51-37)17-45-13-12-40(4,22-45)39(49)50/h6-11,14-15,23,47H,12-13,17-22H2,1-5H3,(H,49,50). The summed E-state index contributed by atoms with van der Waals surface area (Å²) in [6.45, 7) is 10.8. The van der Waals surface area contributed by atoms with E-state index in [4.69, 9.17) is 14.4 Å². The van der Waals surface area contributed by atoms with Crippen molar-refractivity contribution in [2.75, 3.05) is 33.3 Å². The number of carboxylic acids is 1. The van der Waals surface area contributed by atoms with E-state index in [1.807, 2.05) is 54.1 Å². The number of likely N-dealkylation sites (N-methyl/N-ethyl adjacent to an activating group) is 1. The fourth-order valence-corrected chi connectivity index (χ4v) is 8.43. The summed E-state index contributed by atoms with van der Waals surface area (Å²) < 4.78 is 6.28. The summed E-state index contributed by atoms with van der Waals surface area (Å²) in [5.41, 5.74) is 8.56. The lowest BCUT2D eigenvalue weighted by Gasteiger charge is -2.25. The minimum absolute atomic E-state index is 0.00361. The van der Waals surface area contributed by atoms with Crippen LogP contribution in [0.5, 0.6) is 0 Å². The lowest BCUT2D eigenvalue weighted by molar-refractivity contribution is -0.147. The molecule has 0 radical (unpaired) electrons. The average molecular weight is 719 g/mol. The van der Waals surface area contributed by atoms with E-state index in [0.29, 0.717) is 61.7 Å². The van der Waals surface area contributed by atoms with E-state index < -0.39 is 11.4 Å². The number of aliphatic hydroxyl groups excluding tert-OH is 1. The molecule has 0 saturated carbocycles. The minimum Gasteiger partial charge on any atom is -0.481 e. The number of hydrogen-bond acceptors (Lipinski definition) is 10. The second-order valence-electron chi connectivity index (χ2n) is 14.5. The molecule has 52 heavy (non-hydrogen) atoms. The van der Waals surface area contributed by atoms with Gasteiger partial charge in [0.1, 0.15) is 16.6 Å². The molecule has 1 saturated heterocycles. The van der Waals surface area contributed by atoms with Crippen molar-refractivity contribution in [1.29, 1.82) is 5.26 Å². The van der Waals surface area contributed by atoms with E-state index in [1.54, 1.807) is 18.3 Å². The monoisotopic (exact) mass is 718 g/mol. The third kappa shape index (κ3) is 6.50. The number of thiazole rings is 1. The minimum atomic E-state index is -0.786. The van der Waals surface area contributed by atoms with Gasteiger partial charge in [0.2, 0.25) is 11.8 Å². The lowest BCUT2D eigenvalue weighted by Crippen LogP contribution is -2.41. The van der Waals surface area contributed by atoms with Crippen LogP contribution in [0.3, 0.4) is 0 Å². The highest BCUT2D eigenvalue weighted by atomic mass is 32.1. The third-order valence-electron chi connectivity index (χ3n) is 10.8. The predicted octanol–water partition coefficient (Wildman–Crippen LogP) is 6.23. The molecule has 0 spiro atoms. The average Bonchev–Trinajstić information content (AvgIpc) is 3.91. The van der Waals surface area contributed by atoms with Crippen LogP contribution in [-0.4, -0.2) is 86.1 Å². The Hall–Kier alpha value is -4.93. The fraction of sp³-hybridized carbons (Fsp3) is 0.375. The molecule has 11 nitrogen and oxygen atoms in total. The zero-order valence-electron chi connectivity index (χ0n) is 30.1. The topological polar surface area (TPSA) is 147 Å². The van der Waals surface area contributed by atoms with Crippen molar-refractivity contribution in [3.63, 3.8) is 0 Å². The van der Waals surface area contributed by atoms with E-state index >= 15 is 0 Å². The van der Waals surface area contributed by atoms with Crippen LogP contribution in [0.4, 0.5) is 0 Å². The van der Waals surface area contributed by atoms with Crippen molar-refractivity contribution in [2.24, 2.45) is 5.41 Å². The first-order valence-electron chi connectivity index (χ1n) is 17.5. The molecular formula is C40H42N6O5S. The number of hydrogen-bond donors (Lipinski definition) is 2. The molecule has 2 unspecified atom stereocenters. The predicted molar refractivity (Wildman–Crippen MR) is 199 cm³/mol. The molecule has 12 heteroatoms. The molecule has 2 aromatic heterocycles. The smallest absolute Gasteiger partial charge is 0.310 e. The molecule has 2 aliphatic heterocycles. The molecule has 2 N–H and O–H groups in total. The number of nitrogens with zero attached hydrogens (tertiary/aromatic N) is 6. The van der Waals surface area contributed by atoms with Gasteiger partial charge < -0.3 is 19.5 Å². The zero-order valence-corrected chi connectivity index (χ0v) is 30.9. The van der Waals surface area contributed by atoms with E-state index in [-0.39, 0.29) is 25.1 Å². The Morgan fingerprint density at radius 2 is 1.77 bits per heavy atom. The van der Waals surface area contributed by atoms with Gasteiger partial charge in [0.25, 0.3) is 0 Å². The fourth-order valence-electron chi connectivity index (χ4n) is 7.26. The number of nitriles is 1. The van der Waals surface area contributed by atoms with Crippen LogP contribution in [0.2, 0.25) is 0 Å². The quantitative estimate of drug-likeness (QED) is 0.171. The maximum atomic E-state index is 13.0. The van der Waals surface area contributed by atoms with E-state index in [0.717, 1.165) is 54.5 Å². The van der Waals surface area contributed by atoms with Crippen LogP contribution in [-0.2, 0) is 29.2 Å². The summed E-state index contributed by atoms with van der Waals surface area (Å²) >= 11 is 1.63. The Morgan fingerprint density at radius 3 is 2.42 bits per heavy atom. The third-order valence-corrected chi connectivity index (χ3v) is 11.9. The Kier molecular flexibility index (Phi) is 9.48. The van der Waals surface area contributed by atoms with Crippen LogP contribution in [0.1, 0.15) is 53.1 Å². The van der Waals surface area contributed by atoms with Crippen LogP contribution in [0.25, 0.3) is 44.3 Å². The molecule has 5 aromatic rings. The second-order valence-corrected chi connectivity index (χ2v) is 15.6. The largest absolute Gasteiger partial charge is 0.481 e. The molecule has 1 fully saturated rings. The van der Waals surface area contributed by atoms with Gasteiger partial charge in [-0.15, -0.1) is 11.3 Å². The van der Waals surface area contributed by atoms with Gasteiger partial charge in [-0.25, -0.2) is 9.97 Å². The molecule has 268 valence electrons. The molecule has 0 bridgehead atoms. The summed E-state index contributed by atoms with van der Waals surface area (Å²) in [6, 6.07) is 18.2. The van der Waals surface area contributed by atoms with Gasteiger partial charge >= 0.3 is 5.97 Å². The Bertz CT molecular complexity index is 2230. The maximum absolute atomic E-state index is 13.0. The Balaban J connectivity index is 1.13. The highest BCUT2D eigenvalue weighted by Gasteiger charge is 2.40. The van der Waals surface area contributed by atoms with Crippen molar-refractivity contribution in [3.05, 3.63) is 81.4 Å². The second kappa shape index (κ2) is 13.9. The summed E-state index contributed by atoms with van der Waals surface area (Å²) in [5, 5.41) is 30.0. The van der Waals surface area contributed by atoms with Gasteiger partial charge in [-0.1, -0.05) is 30.3 Å². The molecule has 1 amide bonds. The summed E-state index contributed by atoms with van der Waals surface area (Å²) in [5.74, 6) is -0.325. The van der Waals surface area contributed by atoms with Crippen LogP contribution in [0.15, 0.2) is 52.9 Å². The van der Waals surface area contributed by atoms with E-state index in [2.05, 4.69) is 43.0 Å². The molecular weight excluding hydrogens is 677 g/mol. The Morgan fingerprint density at radius 1 is 1.08 bits per heavy atom. The first kappa shape index (κ1) is 35.5. The number of benzene rings is 3. The first-order chi connectivity index (χ1) is 24.9. The number of carbonyl (C=O) groups excluding carboxylic acids is 1. The molecule has 4 heterocycles. The first-order valence-corrected chi connectivity index (χ1v) is 18.3. The molecule has 2 aliphatic rings. The van der Waals surface area contributed by atoms with Gasteiger partial charge in [-0.3, -0.25) is 19.4 Å². The number of fused-ring (bicyclic) bond motifs is 2. The van der Waals surface area contributed by atoms with Crippen molar-refractivity contribution < 1.29 is 24.2 Å². The van der Waals surface area contributed by atoms with Crippen molar-refractivity contribution in [2.45, 2.75) is 59.8 Å². The van der Waals surface area contributed by atoms with E-state index in [9.17, 15) is 25.1 Å². The van der Waals surface area contributed by atoms with Crippen LogP contribution in [0, 0.1) is 30.6 Å². The number of aliphatic carboxylic acids is 1. The summed E-state index contributed by atoms with van der Waals surface area (Å²) in [4.78, 5) is 41.5.